The lowest BCUT2D eigenvalue weighted by atomic mass is 10.2. The van der Waals surface area contributed by atoms with E-state index in [0.717, 1.165) is 0 Å². The Morgan fingerprint density at radius 3 is 2.67 bits per heavy atom. The summed E-state index contributed by atoms with van der Waals surface area (Å²) in [7, 11) is 0. The first-order chi connectivity index (χ1) is 5.52. The monoisotopic (exact) mass is 249 g/mol. The highest BCUT2D eigenvalue weighted by molar-refractivity contribution is 9.10. The molecule has 0 saturated heterocycles. The molecule has 3 N–H and O–H groups in total. The molecule has 0 fully saturated rings. The number of benzene rings is 1. The molecule has 3 nitrogen and oxygen atoms in total. The van der Waals surface area contributed by atoms with Gasteiger partial charge in [0.15, 0.2) is 0 Å². The number of hydrogen-bond donors (Lipinski definition) is 2. The second-order valence-electron chi connectivity index (χ2n) is 2.16. The van der Waals surface area contributed by atoms with Gasteiger partial charge in [0.25, 0.3) is 0 Å². The van der Waals surface area contributed by atoms with Crippen LogP contribution in [0.1, 0.15) is 10.4 Å². The lowest BCUT2D eigenvalue weighted by molar-refractivity contribution is 0.0697. The van der Waals surface area contributed by atoms with Crippen LogP contribution in [0.25, 0.3) is 0 Å². The number of nitrogens with two attached hydrogens (primary N) is 1. The standard InChI is InChI=1S/C7H5BrClNO2/c8-4-2-5(9)3(7(11)12)1-6(4)10/h1-2H,10H2,(H,11,12). The number of anilines is 1. The van der Waals surface area contributed by atoms with Crippen molar-refractivity contribution in [2.75, 3.05) is 5.73 Å². The number of halogens is 2. The smallest absolute Gasteiger partial charge is 0.337 e. The van der Waals surface area contributed by atoms with E-state index in [2.05, 4.69) is 15.9 Å². The normalized spacial score (nSPS) is 9.83. The van der Waals surface area contributed by atoms with Gasteiger partial charge < -0.3 is 10.8 Å². The van der Waals surface area contributed by atoms with E-state index in [-0.39, 0.29) is 10.6 Å². The van der Waals surface area contributed by atoms with Crippen molar-refractivity contribution in [3.8, 4) is 0 Å². The Kier molecular flexibility index (Phi) is 2.59. The Labute approximate surface area is 82.3 Å². The van der Waals surface area contributed by atoms with Gasteiger partial charge in [-0.3, -0.25) is 0 Å². The zero-order valence-electron chi connectivity index (χ0n) is 5.84. The van der Waals surface area contributed by atoms with Crippen LogP contribution in [0.3, 0.4) is 0 Å². The third-order valence-corrected chi connectivity index (χ3v) is 2.32. The van der Waals surface area contributed by atoms with Gasteiger partial charge in [0.05, 0.1) is 10.6 Å². The molecule has 0 aromatic heterocycles. The molecule has 0 radical (unpaired) electrons. The van der Waals surface area contributed by atoms with E-state index in [4.69, 9.17) is 22.4 Å². The van der Waals surface area contributed by atoms with Crippen molar-refractivity contribution in [3.05, 3.63) is 27.2 Å². The van der Waals surface area contributed by atoms with Crippen LogP contribution in [0.4, 0.5) is 5.69 Å². The number of rotatable bonds is 1. The summed E-state index contributed by atoms with van der Waals surface area (Å²) in [4.78, 5) is 10.5. The number of carboxylic acid groups (broad SMARTS) is 1. The third kappa shape index (κ3) is 1.70. The quantitative estimate of drug-likeness (QED) is 0.752. The Morgan fingerprint density at radius 1 is 1.58 bits per heavy atom. The summed E-state index contributed by atoms with van der Waals surface area (Å²) in [5, 5.41) is 8.80. The third-order valence-electron chi connectivity index (χ3n) is 1.32. The number of carbonyl (C=O) groups is 1. The molecule has 1 rings (SSSR count). The zero-order valence-corrected chi connectivity index (χ0v) is 8.19. The Morgan fingerprint density at radius 2 is 2.17 bits per heavy atom. The molecule has 12 heavy (non-hydrogen) atoms. The van der Waals surface area contributed by atoms with Gasteiger partial charge in [-0.1, -0.05) is 11.6 Å². The summed E-state index contributed by atoms with van der Waals surface area (Å²) in [6, 6.07) is 2.77. The summed E-state index contributed by atoms with van der Waals surface area (Å²) in [5.41, 5.74) is 5.83. The molecule has 0 bridgehead atoms. The lowest BCUT2D eigenvalue weighted by Gasteiger charge is -2.02. The van der Waals surface area contributed by atoms with Crippen molar-refractivity contribution in [2.24, 2.45) is 0 Å². The van der Waals surface area contributed by atoms with E-state index in [1.165, 1.54) is 12.1 Å². The van der Waals surface area contributed by atoms with E-state index in [9.17, 15) is 4.79 Å². The molecule has 0 aliphatic heterocycles. The number of carboxylic acids is 1. The van der Waals surface area contributed by atoms with Crippen LogP contribution in [-0.4, -0.2) is 11.1 Å². The molecule has 0 aliphatic rings. The van der Waals surface area contributed by atoms with Gasteiger partial charge in [-0.05, 0) is 28.1 Å². The summed E-state index contributed by atoms with van der Waals surface area (Å²) >= 11 is 8.76. The largest absolute Gasteiger partial charge is 0.478 e. The van der Waals surface area contributed by atoms with E-state index in [0.29, 0.717) is 10.2 Å². The molecule has 1 aromatic rings. The minimum Gasteiger partial charge on any atom is -0.478 e. The van der Waals surface area contributed by atoms with Crippen molar-refractivity contribution >= 4 is 39.2 Å². The van der Waals surface area contributed by atoms with Gasteiger partial charge >= 0.3 is 5.97 Å². The molecule has 1 aromatic carbocycles. The first kappa shape index (κ1) is 9.35. The van der Waals surface area contributed by atoms with Gasteiger partial charge in [-0.15, -0.1) is 0 Å². The van der Waals surface area contributed by atoms with Crippen molar-refractivity contribution < 1.29 is 9.90 Å². The van der Waals surface area contributed by atoms with Crippen LogP contribution in [0.2, 0.25) is 5.02 Å². The van der Waals surface area contributed by atoms with Gasteiger partial charge in [-0.2, -0.15) is 0 Å². The van der Waals surface area contributed by atoms with Crippen molar-refractivity contribution in [1.82, 2.24) is 0 Å². The molecular weight excluding hydrogens is 245 g/mol. The van der Waals surface area contributed by atoms with Crippen LogP contribution < -0.4 is 5.73 Å². The highest BCUT2D eigenvalue weighted by Gasteiger charge is 2.10. The van der Waals surface area contributed by atoms with Crippen LogP contribution in [-0.2, 0) is 0 Å². The SMILES string of the molecule is Nc1cc(C(=O)O)c(Cl)cc1Br. The van der Waals surface area contributed by atoms with Crippen LogP contribution in [0.15, 0.2) is 16.6 Å². The molecule has 64 valence electrons. The average Bonchev–Trinajstić information content (AvgIpc) is 1.96. The van der Waals surface area contributed by atoms with E-state index >= 15 is 0 Å². The van der Waals surface area contributed by atoms with E-state index in [1.807, 2.05) is 0 Å². The van der Waals surface area contributed by atoms with Gasteiger partial charge in [0, 0.05) is 10.2 Å². The molecule has 5 heteroatoms. The summed E-state index contributed by atoms with van der Waals surface area (Å²) in [6.45, 7) is 0. The van der Waals surface area contributed by atoms with Crippen LogP contribution >= 0.6 is 27.5 Å². The number of aromatic carboxylic acids is 1. The molecular formula is C7H5BrClNO2. The Balaban J connectivity index is 3.33. The Hall–Kier alpha value is -0.740. The number of hydrogen-bond acceptors (Lipinski definition) is 2. The topological polar surface area (TPSA) is 63.3 Å². The van der Waals surface area contributed by atoms with E-state index in [1.54, 1.807) is 0 Å². The first-order valence-electron chi connectivity index (χ1n) is 3.00. The van der Waals surface area contributed by atoms with Crippen LogP contribution in [0.5, 0.6) is 0 Å². The molecule has 0 spiro atoms. The van der Waals surface area contributed by atoms with Crippen LogP contribution in [0, 0.1) is 0 Å². The minimum absolute atomic E-state index is 0.0115. The fourth-order valence-electron chi connectivity index (χ4n) is 0.730. The number of nitrogen functional groups attached to an aromatic ring is 1. The van der Waals surface area contributed by atoms with Gasteiger partial charge in [-0.25, -0.2) is 4.79 Å². The highest BCUT2D eigenvalue weighted by atomic mass is 79.9. The van der Waals surface area contributed by atoms with E-state index < -0.39 is 5.97 Å². The maximum absolute atomic E-state index is 10.5. The first-order valence-corrected chi connectivity index (χ1v) is 4.17. The van der Waals surface area contributed by atoms with Gasteiger partial charge in [0.1, 0.15) is 0 Å². The van der Waals surface area contributed by atoms with Crippen molar-refractivity contribution in [2.45, 2.75) is 0 Å². The second kappa shape index (κ2) is 3.33. The Bertz CT molecular complexity index is 340. The fraction of sp³-hybridized carbons (Fsp3) is 0. The predicted octanol–water partition coefficient (Wildman–Crippen LogP) is 2.38. The predicted molar refractivity (Wildman–Crippen MR) is 50.5 cm³/mol. The minimum atomic E-state index is -1.08. The molecule has 0 heterocycles. The summed E-state index contributed by atoms with van der Waals surface area (Å²) in [5.74, 6) is -1.08. The maximum Gasteiger partial charge on any atom is 0.337 e. The molecule has 0 saturated carbocycles. The lowest BCUT2D eigenvalue weighted by Crippen LogP contribution is -1.99. The molecule has 0 amide bonds. The molecule has 0 aliphatic carbocycles. The van der Waals surface area contributed by atoms with Crippen molar-refractivity contribution in [3.63, 3.8) is 0 Å². The highest BCUT2D eigenvalue weighted by Crippen LogP contribution is 2.27. The maximum atomic E-state index is 10.5. The summed E-state index contributed by atoms with van der Waals surface area (Å²) in [6.07, 6.45) is 0. The summed E-state index contributed by atoms with van der Waals surface area (Å²) < 4.78 is 0.595. The van der Waals surface area contributed by atoms with Crippen molar-refractivity contribution in [1.29, 1.82) is 0 Å². The molecule has 0 atom stereocenters. The van der Waals surface area contributed by atoms with Gasteiger partial charge in [0.2, 0.25) is 0 Å². The second-order valence-corrected chi connectivity index (χ2v) is 3.42. The average molecular weight is 250 g/mol. The molecule has 0 unspecified atom stereocenters. The fourth-order valence-corrected chi connectivity index (χ4v) is 1.45. The zero-order chi connectivity index (χ0) is 9.30.